The molecule has 2 rings (SSSR count). The van der Waals surface area contributed by atoms with Crippen LogP contribution in [0.1, 0.15) is 16.7 Å². The molecule has 0 heterocycles. The first-order valence-electron chi connectivity index (χ1n) is 9.21. The SMILES string of the molecule is C=CCNC(=O)C(=O)N/N=C\c1cccc(OCC(=O)Nc2cc(C)ccc2C)c1. The maximum Gasteiger partial charge on any atom is 0.329 e. The summed E-state index contributed by atoms with van der Waals surface area (Å²) in [4.78, 5) is 35.1. The minimum Gasteiger partial charge on any atom is -0.484 e. The van der Waals surface area contributed by atoms with E-state index < -0.39 is 11.8 Å². The van der Waals surface area contributed by atoms with Crippen LogP contribution in [0.5, 0.6) is 5.75 Å². The minimum absolute atomic E-state index is 0.159. The molecule has 8 heteroatoms. The molecular formula is C22H24N4O4. The van der Waals surface area contributed by atoms with Crippen LogP contribution in [0.2, 0.25) is 0 Å². The highest BCUT2D eigenvalue weighted by Gasteiger charge is 2.10. The number of aryl methyl sites for hydroxylation is 2. The van der Waals surface area contributed by atoms with Crippen molar-refractivity contribution in [1.82, 2.24) is 10.7 Å². The van der Waals surface area contributed by atoms with Crippen molar-refractivity contribution in [3.8, 4) is 5.75 Å². The maximum absolute atomic E-state index is 12.2. The third-order valence-electron chi connectivity index (χ3n) is 3.89. The summed E-state index contributed by atoms with van der Waals surface area (Å²) in [5.74, 6) is -1.51. The van der Waals surface area contributed by atoms with Gasteiger partial charge in [-0.15, -0.1) is 6.58 Å². The predicted molar refractivity (Wildman–Crippen MR) is 115 cm³/mol. The van der Waals surface area contributed by atoms with Crippen molar-refractivity contribution in [2.45, 2.75) is 13.8 Å². The lowest BCUT2D eigenvalue weighted by atomic mass is 10.1. The highest BCUT2D eigenvalue weighted by atomic mass is 16.5. The van der Waals surface area contributed by atoms with Gasteiger partial charge in [0, 0.05) is 12.2 Å². The largest absolute Gasteiger partial charge is 0.484 e. The van der Waals surface area contributed by atoms with Crippen molar-refractivity contribution in [1.29, 1.82) is 0 Å². The zero-order valence-electron chi connectivity index (χ0n) is 16.9. The van der Waals surface area contributed by atoms with Gasteiger partial charge >= 0.3 is 11.8 Å². The van der Waals surface area contributed by atoms with Crippen molar-refractivity contribution >= 4 is 29.6 Å². The Hall–Kier alpha value is -3.94. The van der Waals surface area contributed by atoms with Crippen molar-refractivity contribution in [2.24, 2.45) is 5.10 Å². The van der Waals surface area contributed by atoms with Gasteiger partial charge in [0.1, 0.15) is 5.75 Å². The number of carbonyl (C=O) groups is 3. The molecule has 0 unspecified atom stereocenters. The van der Waals surface area contributed by atoms with E-state index in [1.165, 1.54) is 12.3 Å². The zero-order valence-corrected chi connectivity index (χ0v) is 16.9. The number of hydrogen-bond donors (Lipinski definition) is 3. The van der Waals surface area contributed by atoms with Crippen molar-refractivity contribution in [3.63, 3.8) is 0 Å². The molecule has 0 aromatic heterocycles. The molecule has 0 radical (unpaired) electrons. The summed E-state index contributed by atoms with van der Waals surface area (Å²) < 4.78 is 5.53. The normalized spacial score (nSPS) is 10.3. The van der Waals surface area contributed by atoms with E-state index in [4.69, 9.17) is 4.74 Å². The molecule has 2 aromatic rings. The fourth-order valence-electron chi connectivity index (χ4n) is 2.35. The summed E-state index contributed by atoms with van der Waals surface area (Å²) in [6.45, 7) is 7.34. The molecule has 3 N–H and O–H groups in total. The Morgan fingerprint density at radius 2 is 1.90 bits per heavy atom. The van der Waals surface area contributed by atoms with Gasteiger partial charge in [0.05, 0.1) is 6.21 Å². The lowest BCUT2D eigenvalue weighted by molar-refractivity contribution is -0.139. The molecule has 0 aliphatic heterocycles. The molecule has 0 saturated heterocycles. The van der Waals surface area contributed by atoms with Gasteiger partial charge in [-0.25, -0.2) is 5.43 Å². The number of benzene rings is 2. The number of ether oxygens (including phenoxy) is 1. The first kappa shape index (κ1) is 22.4. The van der Waals surface area contributed by atoms with E-state index in [0.717, 1.165) is 16.8 Å². The Balaban J connectivity index is 1.87. The van der Waals surface area contributed by atoms with Gasteiger partial charge in [0.15, 0.2) is 6.61 Å². The van der Waals surface area contributed by atoms with Crippen molar-refractivity contribution in [3.05, 3.63) is 71.8 Å². The van der Waals surface area contributed by atoms with Gasteiger partial charge in [-0.05, 0) is 48.7 Å². The minimum atomic E-state index is -0.886. The Bertz CT molecular complexity index is 969. The number of nitrogens with one attached hydrogen (secondary N) is 3. The number of rotatable bonds is 8. The Labute approximate surface area is 175 Å². The predicted octanol–water partition coefficient (Wildman–Crippen LogP) is 2.07. The molecule has 0 fully saturated rings. The second-order valence-corrected chi connectivity index (χ2v) is 6.43. The van der Waals surface area contributed by atoms with E-state index in [1.807, 2.05) is 32.0 Å². The number of nitrogens with zero attached hydrogens (tertiary/aromatic N) is 1. The smallest absolute Gasteiger partial charge is 0.329 e. The highest BCUT2D eigenvalue weighted by molar-refractivity contribution is 6.35. The first-order chi connectivity index (χ1) is 14.4. The summed E-state index contributed by atoms with van der Waals surface area (Å²) >= 11 is 0. The Morgan fingerprint density at radius 3 is 2.67 bits per heavy atom. The molecule has 0 bridgehead atoms. The molecule has 0 aliphatic carbocycles. The van der Waals surface area contributed by atoms with Crippen LogP contribution in [0, 0.1) is 13.8 Å². The zero-order chi connectivity index (χ0) is 21.9. The number of carbonyl (C=O) groups excluding carboxylic acids is 3. The van der Waals surface area contributed by atoms with Crippen LogP contribution >= 0.6 is 0 Å². The number of hydrogen-bond acceptors (Lipinski definition) is 5. The third-order valence-corrected chi connectivity index (χ3v) is 3.89. The molecule has 30 heavy (non-hydrogen) atoms. The average Bonchev–Trinajstić information content (AvgIpc) is 2.73. The van der Waals surface area contributed by atoms with Gasteiger partial charge in [0.2, 0.25) is 0 Å². The molecule has 156 valence electrons. The fraction of sp³-hybridized carbons (Fsp3) is 0.182. The molecular weight excluding hydrogens is 384 g/mol. The van der Waals surface area contributed by atoms with Crippen LogP contribution in [0.4, 0.5) is 5.69 Å². The molecule has 0 saturated carbocycles. The van der Waals surface area contributed by atoms with Gasteiger partial charge in [-0.3, -0.25) is 14.4 Å². The third kappa shape index (κ3) is 7.23. The molecule has 0 aliphatic rings. The van der Waals surface area contributed by atoms with E-state index in [1.54, 1.807) is 24.3 Å². The van der Waals surface area contributed by atoms with E-state index in [0.29, 0.717) is 11.3 Å². The van der Waals surface area contributed by atoms with E-state index in [-0.39, 0.29) is 19.1 Å². The standard InChI is InChI=1S/C22H24N4O4/c1-4-10-23-21(28)22(29)26-24-13-17-6-5-7-18(12-17)30-14-20(27)25-19-11-15(2)8-9-16(19)3/h4-9,11-13H,1,10,14H2,2-3H3,(H,23,28)(H,25,27)(H,26,29)/b24-13-. The van der Waals surface area contributed by atoms with Gasteiger partial charge < -0.3 is 15.4 Å². The summed E-state index contributed by atoms with van der Waals surface area (Å²) in [6.07, 6.45) is 2.82. The summed E-state index contributed by atoms with van der Waals surface area (Å²) in [5.41, 5.74) is 5.51. The van der Waals surface area contributed by atoms with Crippen LogP contribution < -0.4 is 20.8 Å². The maximum atomic E-state index is 12.2. The molecule has 2 aromatic carbocycles. The van der Waals surface area contributed by atoms with Crippen LogP contribution in [0.25, 0.3) is 0 Å². The molecule has 3 amide bonds. The van der Waals surface area contributed by atoms with Crippen LogP contribution in [0.15, 0.2) is 60.2 Å². The Morgan fingerprint density at radius 1 is 1.10 bits per heavy atom. The molecule has 0 atom stereocenters. The average molecular weight is 408 g/mol. The lowest BCUT2D eigenvalue weighted by Gasteiger charge is -2.10. The number of hydrazone groups is 1. The molecule has 8 nitrogen and oxygen atoms in total. The fourth-order valence-corrected chi connectivity index (χ4v) is 2.35. The second kappa shape index (κ2) is 11.2. The van der Waals surface area contributed by atoms with Crippen LogP contribution in [0.3, 0.4) is 0 Å². The van der Waals surface area contributed by atoms with Gasteiger partial charge in [-0.2, -0.15) is 5.10 Å². The highest BCUT2D eigenvalue weighted by Crippen LogP contribution is 2.17. The van der Waals surface area contributed by atoms with Crippen molar-refractivity contribution in [2.75, 3.05) is 18.5 Å². The second-order valence-electron chi connectivity index (χ2n) is 6.43. The Kier molecular flexibility index (Phi) is 8.31. The van der Waals surface area contributed by atoms with Gasteiger partial charge in [-0.1, -0.05) is 30.3 Å². The lowest BCUT2D eigenvalue weighted by Crippen LogP contribution is -2.37. The van der Waals surface area contributed by atoms with E-state index in [2.05, 4.69) is 27.7 Å². The first-order valence-corrected chi connectivity index (χ1v) is 9.21. The summed E-state index contributed by atoms with van der Waals surface area (Å²) in [6, 6.07) is 12.6. The quantitative estimate of drug-likeness (QED) is 0.269. The monoisotopic (exact) mass is 408 g/mol. The van der Waals surface area contributed by atoms with Crippen molar-refractivity contribution < 1.29 is 19.1 Å². The van der Waals surface area contributed by atoms with E-state index in [9.17, 15) is 14.4 Å². The van der Waals surface area contributed by atoms with E-state index >= 15 is 0 Å². The number of amides is 3. The van der Waals surface area contributed by atoms with Gasteiger partial charge in [0.25, 0.3) is 5.91 Å². The van der Waals surface area contributed by atoms with Crippen LogP contribution in [-0.2, 0) is 14.4 Å². The summed E-state index contributed by atoms with van der Waals surface area (Å²) in [7, 11) is 0. The summed E-state index contributed by atoms with van der Waals surface area (Å²) in [5, 5.41) is 8.90. The molecule has 0 spiro atoms. The number of anilines is 1. The van der Waals surface area contributed by atoms with Crippen LogP contribution in [-0.4, -0.2) is 37.1 Å². The topological polar surface area (TPSA) is 109 Å².